The summed E-state index contributed by atoms with van der Waals surface area (Å²) < 4.78 is 33.0. The third-order valence-corrected chi connectivity index (χ3v) is 9.18. The zero-order chi connectivity index (χ0) is 17.5. The van der Waals surface area contributed by atoms with Gasteiger partial charge in [-0.15, -0.1) is 0 Å². The van der Waals surface area contributed by atoms with Gasteiger partial charge in [0, 0.05) is 0 Å². The predicted octanol–water partition coefficient (Wildman–Crippen LogP) is 4.77. The fraction of sp³-hybridized carbons (Fsp3) is 0.667. The molecule has 1 aromatic rings. The van der Waals surface area contributed by atoms with Gasteiger partial charge in [-0.05, 0) is 23.2 Å². The Balaban J connectivity index is 2.88. The van der Waals surface area contributed by atoms with Gasteiger partial charge in [-0.2, -0.15) is 8.42 Å². The molecule has 0 saturated heterocycles. The van der Waals surface area contributed by atoms with Crippen molar-refractivity contribution in [1.29, 1.82) is 0 Å². The second-order valence-electron chi connectivity index (χ2n) is 7.06. The Morgan fingerprint density at radius 3 is 2.17 bits per heavy atom. The first kappa shape index (κ1) is 20.4. The Hall–Kier alpha value is -0.653. The van der Waals surface area contributed by atoms with E-state index in [1.807, 2.05) is 12.1 Å². The first-order valence-corrected chi connectivity index (χ1v) is 13.5. The van der Waals surface area contributed by atoms with Crippen molar-refractivity contribution in [3.05, 3.63) is 23.8 Å². The zero-order valence-electron chi connectivity index (χ0n) is 15.1. The summed E-state index contributed by atoms with van der Waals surface area (Å²) in [4.78, 5) is 0.123. The monoisotopic (exact) mass is 356 g/mol. The van der Waals surface area contributed by atoms with Crippen molar-refractivity contribution >= 4 is 23.4 Å². The first-order valence-electron chi connectivity index (χ1n) is 8.83. The SMILES string of the molecule is CCCCCCCC[Si](C)(C)c1cc(CC)ccc1S(=O)(=O)O. The summed E-state index contributed by atoms with van der Waals surface area (Å²) in [5.41, 5.74) is 1.14. The van der Waals surface area contributed by atoms with Crippen LogP contribution in [0.5, 0.6) is 0 Å². The van der Waals surface area contributed by atoms with Crippen LogP contribution < -0.4 is 5.19 Å². The molecule has 0 saturated carbocycles. The van der Waals surface area contributed by atoms with Crippen LogP contribution in [0.3, 0.4) is 0 Å². The van der Waals surface area contributed by atoms with E-state index in [2.05, 4.69) is 26.9 Å². The zero-order valence-corrected chi connectivity index (χ0v) is 16.9. The van der Waals surface area contributed by atoms with E-state index in [1.54, 1.807) is 6.07 Å². The normalized spacial score (nSPS) is 12.6. The van der Waals surface area contributed by atoms with Gasteiger partial charge in [0.1, 0.15) is 0 Å². The molecule has 0 aliphatic rings. The lowest BCUT2D eigenvalue weighted by molar-refractivity contribution is 0.483. The third kappa shape index (κ3) is 6.40. The lowest BCUT2D eigenvalue weighted by atomic mass is 10.1. The number of hydrogen-bond donors (Lipinski definition) is 1. The van der Waals surface area contributed by atoms with E-state index in [0.29, 0.717) is 0 Å². The molecule has 0 fully saturated rings. The summed E-state index contributed by atoms with van der Waals surface area (Å²) in [5, 5.41) is 0.882. The molecule has 0 amide bonds. The average molecular weight is 357 g/mol. The molecule has 0 unspecified atom stereocenters. The second-order valence-corrected chi connectivity index (χ2v) is 13.3. The topological polar surface area (TPSA) is 54.4 Å². The predicted molar refractivity (Wildman–Crippen MR) is 101 cm³/mol. The van der Waals surface area contributed by atoms with Gasteiger partial charge >= 0.3 is 0 Å². The highest BCUT2D eigenvalue weighted by Crippen LogP contribution is 2.21. The number of rotatable bonds is 10. The molecule has 0 bridgehead atoms. The van der Waals surface area contributed by atoms with E-state index in [-0.39, 0.29) is 4.90 Å². The van der Waals surface area contributed by atoms with Gasteiger partial charge in [0.2, 0.25) is 0 Å². The van der Waals surface area contributed by atoms with Gasteiger partial charge in [0.05, 0.1) is 13.0 Å². The molecule has 1 rings (SSSR count). The summed E-state index contributed by atoms with van der Waals surface area (Å²) in [7, 11) is -6.04. The Bertz CT molecular complexity index is 594. The van der Waals surface area contributed by atoms with Gasteiger partial charge < -0.3 is 0 Å². The molecular formula is C18H32O3SSi. The van der Waals surface area contributed by atoms with Crippen molar-refractivity contribution in [3.63, 3.8) is 0 Å². The summed E-state index contributed by atoms with van der Waals surface area (Å²) in [6.07, 6.45) is 8.34. The average Bonchev–Trinajstić information content (AvgIpc) is 2.49. The smallest absolute Gasteiger partial charge is 0.282 e. The summed E-state index contributed by atoms with van der Waals surface area (Å²) in [6, 6.07) is 6.46. The van der Waals surface area contributed by atoms with Crippen molar-refractivity contribution < 1.29 is 13.0 Å². The van der Waals surface area contributed by atoms with Crippen LogP contribution in [0, 0.1) is 0 Å². The van der Waals surface area contributed by atoms with Gasteiger partial charge in [0.15, 0.2) is 0 Å². The van der Waals surface area contributed by atoms with E-state index in [0.717, 1.165) is 29.6 Å². The Labute approximate surface area is 143 Å². The maximum atomic E-state index is 11.7. The van der Waals surface area contributed by atoms with E-state index >= 15 is 0 Å². The minimum atomic E-state index is -4.15. The maximum absolute atomic E-state index is 11.7. The minimum Gasteiger partial charge on any atom is -0.282 e. The number of hydrogen-bond acceptors (Lipinski definition) is 2. The highest BCUT2D eigenvalue weighted by molar-refractivity contribution is 7.86. The van der Waals surface area contributed by atoms with Crippen LogP contribution >= 0.6 is 0 Å². The Morgan fingerprint density at radius 2 is 1.61 bits per heavy atom. The molecule has 0 heterocycles. The fourth-order valence-electron chi connectivity index (χ4n) is 3.03. The van der Waals surface area contributed by atoms with E-state index in [9.17, 15) is 13.0 Å². The molecule has 3 nitrogen and oxygen atoms in total. The number of unbranched alkanes of at least 4 members (excludes halogenated alkanes) is 5. The van der Waals surface area contributed by atoms with Gasteiger partial charge in [-0.1, -0.05) is 83.6 Å². The number of aryl methyl sites for hydroxylation is 1. The van der Waals surface area contributed by atoms with Crippen LogP contribution in [-0.4, -0.2) is 21.0 Å². The molecule has 1 aromatic carbocycles. The molecule has 1 N–H and O–H groups in total. The van der Waals surface area contributed by atoms with Crippen LogP contribution in [0.1, 0.15) is 57.9 Å². The maximum Gasteiger partial charge on any atom is 0.294 e. The fourth-order valence-corrected chi connectivity index (χ4v) is 7.56. The molecule has 132 valence electrons. The second kappa shape index (κ2) is 8.99. The van der Waals surface area contributed by atoms with Crippen molar-refractivity contribution in [2.45, 2.75) is 82.8 Å². The van der Waals surface area contributed by atoms with Gasteiger partial charge in [-0.25, -0.2) is 0 Å². The highest BCUT2D eigenvalue weighted by atomic mass is 32.2. The van der Waals surface area contributed by atoms with E-state index in [4.69, 9.17) is 0 Å². The summed E-state index contributed by atoms with van der Waals surface area (Å²) in [5.74, 6) is 0. The quantitative estimate of drug-likeness (QED) is 0.373. The van der Waals surface area contributed by atoms with Crippen molar-refractivity contribution in [1.82, 2.24) is 0 Å². The minimum absolute atomic E-state index is 0.123. The molecule has 23 heavy (non-hydrogen) atoms. The van der Waals surface area contributed by atoms with Crippen LogP contribution in [0.15, 0.2) is 23.1 Å². The van der Waals surface area contributed by atoms with Crippen molar-refractivity contribution in [2.75, 3.05) is 0 Å². The van der Waals surface area contributed by atoms with Crippen LogP contribution in [0.25, 0.3) is 0 Å². The van der Waals surface area contributed by atoms with Crippen LogP contribution in [0.2, 0.25) is 19.1 Å². The lowest BCUT2D eigenvalue weighted by Crippen LogP contribution is -2.44. The molecule has 5 heteroatoms. The Morgan fingerprint density at radius 1 is 1.00 bits per heavy atom. The van der Waals surface area contributed by atoms with Gasteiger partial charge in [0.25, 0.3) is 10.1 Å². The third-order valence-electron chi connectivity index (χ3n) is 4.61. The largest absolute Gasteiger partial charge is 0.294 e. The van der Waals surface area contributed by atoms with Crippen LogP contribution in [0.4, 0.5) is 0 Å². The summed E-state index contributed by atoms with van der Waals surface area (Å²) >= 11 is 0. The highest BCUT2D eigenvalue weighted by Gasteiger charge is 2.29. The molecule has 0 aromatic heterocycles. The molecular weight excluding hydrogens is 324 g/mol. The molecule has 0 spiro atoms. The number of benzene rings is 1. The lowest BCUT2D eigenvalue weighted by Gasteiger charge is -2.25. The molecule has 0 aliphatic heterocycles. The van der Waals surface area contributed by atoms with E-state index in [1.165, 1.54) is 32.1 Å². The van der Waals surface area contributed by atoms with Crippen molar-refractivity contribution in [3.8, 4) is 0 Å². The van der Waals surface area contributed by atoms with E-state index < -0.39 is 18.2 Å². The Kier molecular flexibility index (Phi) is 7.97. The van der Waals surface area contributed by atoms with Crippen molar-refractivity contribution in [2.24, 2.45) is 0 Å². The molecule has 0 atom stereocenters. The molecule has 0 aliphatic carbocycles. The molecule has 0 radical (unpaired) electrons. The van der Waals surface area contributed by atoms with Gasteiger partial charge in [-0.3, -0.25) is 4.55 Å². The standard InChI is InChI=1S/C18H32O3SSi/c1-5-7-8-9-10-11-14-23(3,4)18-15-16(6-2)12-13-17(18)22(19,20)21/h12-13,15H,5-11,14H2,1-4H3,(H,19,20,21). The van der Waals surface area contributed by atoms with Crippen LogP contribution in [-0.2, 0) is 16.5 Å². The summed E-state index contributed by atoms with van der Waals surface area (Å²) in [6.45, 7) is 8.70. The first-order chi connectivity index (χ1) is 10.7.